The highest BCUT2D eigenvalue weighted by Gasteiger charge is 2.29. The molecule has 1 fully saturated rings. The van der Waals surface area contributed by atoms with Crippen LogP contribution in [0, 0.1) is 0 Å². The van der Waals surface area contributed by atoms with Crippen molar-refractivity contribution < 1.29 is 24.2 Å². The standard InChI is InChI=1S/C14H20N2O5S/c1-3-20-9(2)13-15-10(8-22-13)6-12(17)16-4-5-21-11(7-16)14(18)19/h8-9,11H,3-7H2,1-2H3,(H,18,19)/t9-,11+/m0/s1. The molecule has 0 spiro atoms. The van der Waals surface area contributed by atoms with E-state index < -0.39 is 12.1 Å². The van der Waals surface area contributed by atoms with Gasteiger partial charge in [-0.25, -0.2) is 9.78 Å². The van der Waals surface area contributed by atoms with E-state index in [9.17, 15) is 9.59 Å². The molecule has 8 heteroatoms. The molecule has 1 aromatic rings. The number of hydrogen-bond donors (Lipinski definition) is 1. The molecule has 7 nitrogen and oxygen atoms in total. The van der Waals surface area contributed by atoms with E-state index in [1.165, 1.54) is 16.2 Å². The average molecular weight is 328 g/mol. The van der Waals surface area contributed by atoms with Crippen LogP contribution >= 0.6 is 11.3 Å². The predicted molar refractivity (Wildman–Crippen MR) is 79.8 cm³/mol. The molecule has 1 aromatic heterocycles. The molecule has 122 valence electrons. The van der Waals surface area contributed by atoms with E-state index in [0.717, 1.165) is 5.01 Å². The molecule has 2 heterocycles. The van der Waals surface area contributed by atoms with Crippen molar-refractivity contribution in [2.45, 2.75) is 32.5 Å². The van der Waals surface area contributed by atoms with Crippen LogP contribution in [0.15, 0.2) is 5.38 Å². The van der Waals surface area contributed by atoms with E-state index in [1.807, 2.05) is 19.2 Å². The molecule has 0 aromatic carbocycles. The van der Waals surface area contributed by atoms with Crippen LogP contribution in [-0.4, -0.2) is 59.3 Å². The number of carboxylic acid groups (broad SMARTS) is 1. The van der Waals surface area contributed by atoms with Crippen molar-refractivity contribution in [1.29, 1.82) is 0 Å². The fourth-order valence-corrected chi connectivity index (χ4v) is 3.03. The Kier molecular flexibility index (Phi) is 5.87. The molecule has 0 radical (unpaired) electrons. The molecule has 0 saturated carbocycles. The SMILES string of the molecule is CCO[C@@H](C)c1nc(CC(=O)N2CCO[C@@H](C(=O)O)C2)cs1. The van der Waals surface area contributed by atoms with Crippen molar-refractivity contribution in [1.82, 2.24) is 9.88 Å². The Hall–Kier alpha value is -1.51. The summed E-state index contributed by atoms with van der Waals surface area (Å²) in [6.07, 6.45) is -0.859. The number of ether oxygens (including phenoxy) is 2. The first-order valence-corrected chi connectivity index (χ1v) is 8.07. The van der Waals surface area contributed by atoms with Gasteiger partial charge in [0.25, 0.3) is 0 Å². The van der Waals surface area contributed by atoms with Crippen molar-refractivity contribution >= 4 is 23.2 Å². The summed E-state index contributed by atoms with van der Waals surface area (Å²) in [5, 5.41) is 11.6. The molecule has 22 heavy (non-hydrogen) atoms. The third kappa shape index (κ3) is 4.25. The molecule has 0 bridgehead atoms. The molecule has 1 N–H and O–H groups in total. The normalized spacial score (nSPS) is 19.9. The highest BCUT2D eigenvalue weighted by Crippen LogP contribution is 2.21. The van der Waals surface area contributed by atoms with Crippen LogP contribution < -0.4 is 0 Å². The van der Waals surface area contributed by atoms with Gasteiger partial charge in [0.15, 0.2) is 6.10 Å². The molecule has 0 aliphatic carbocycles. The fraction of sp³-hybridized carbons (Fsp3) is 0.643. The zero-order chi connectivity index (χ0) is 16.1. The summed E-state index contributed by atoms with van der Waals surface area (Å²) in [5.74, 6) is -1.17. The predicted octanol–water partition coefficient (Wildman–Crippen LogP) is 1.10. The van der Waals surface area contributed by atoms with Gasteiger partial charge in [0.2, 0.25) is 5.91 Å². The Labute approximate surface area is 132 Å². The van der Waals surface area contributed by atoms with Crippen molar-refractivity contribution in [2.24, 2.45) is 0 Å². The molecule has 1 saturated heterocycles. The summed E-state index contributed by atoms with van der Waals surface area (Å²) in [5.41, 5.74) is 0.690. The third-order valence-electron chi connectivity index (χ3n) is 3.36. The molecule has 1 amide bonds. The van der Waals surface area contributed by atoms with Crippen molar-refractivity contribution in [3.63, 3.8) is 0 Å². The van der Waals surface area contributed by atoms with Gasteiger partial charge in [0.05, 0.1) is 25.3 Å². The number of thiazole rings is 1. The zero-order valence-corrected chi connectivity index (χ0v) is 13.5. The zero-order valence-electron chi connectivity index (χ0n) is 12.7. The van der Waals surface area contributed by atoms with E-state index in [-0.39, 0.29) is 31.6 Å². The van der Waals surface area contributed by atoms with Gasteiger partial charge in [0, 0.05) is 18.5 Å². The van der Waals surface area contributed by atoms with Crippen LogP contribution in [0.3, 0.4) is 0 Å². The van der Waals surface area contributed by atoms with Gasteiger partial charge in [-0.15, -0.1) is 11.3 Å². The first-order valence-electron chi connectivity index (χ1n) is 7.19. The lowest BCUT2D eigenvalue weighted by molar-refractivity contribution is -0.159. The fourth-order valence-electron chi connectivity index (χ4n) is 2.20. The first-order chi connectivity index (χ1) is 10.5. The highest BCUT2D eigenvalue weighted by atomic mass is 32.1. The second kappa shape index (κ2) is 7.66. The largest absolute Gasteiger partial charge is 0.479 e. The van der Waals surface area contributed by atoms with Gasteiger partial charge in [-0.2, -0.15) is 0 Å². The smallest absolute Gasteiger partial charge is 0.334 e. The Balaban J connectivity index is 1.93. The molecular weight excluding hydrogens is 308 g/mol. The number of aliphatic carboxylic acids is 1. The second-order valence-corrected chi connectivity index (χ2v) is 5.88. The van der Waals surface area contributed by atoms with Gasteiger partial charge in [-0.1, -0.05) is 0 Å². The van der Waals surface area contributed by atoms with E-state index in [1.54, 1.807) is 0 Å². The molecule has 1 aliphatic rings. The van der Waals surface area contributed by atoms with Crippen LogP contribution in [0.2, 0.25) is 0 Å². The Bertz CT molecular complexity index is 533. The lowest BCUT2D eigenvalue weighted by atomic mass is 10.2. The number of carboxylic acids is 1. The van der Waals surface area contributed by atoms with Gasteiger partial charge in [0.1, 0.15) is 11.1 Å². The maximum atomic E-state index is 12.3. The summed E-state index contributed by atoms with van der Waals surface area (Å²) in [6.45, 7) is 5.19. The monoisotopic (exact) mass is 328 g/mol. The minimum Gasteiger partial charge on any atom is -0.479 e. The van der Waals surface area contributed by atoms with Crippen LogP contribution in [0.25, 0.3) is 0 Å². The van der Waals surface area contributed by atoms with Gasteiger partial charge in [-0.3, -0.25) is 4.79 Å². The van der Waals surface area contributed by atoms with Crippen LogP contribution in [0.1, 0.15) is 30.7 Å². The number of rotatable bonds is 6. The van der Waals surface area contributed by atoms with E-state index in [0.29, 0.717) is 18.8 Å². The number of aromatic nitrogens is 1. The minimum atomic E-state index is -1.04. The summed E-state index contributed by atoms with van der Waals surface area (Å²) < 4.78 is 10.6. The van der Waals surface area contributed by atoms with Crippen LogP contribution in [0.4, 0.5) is 0 Å². The molecule has 1 aliphatic heterocycles. The first kappa shape index (κ1) is 16.9. The maximum Gasteiger partial charge on any atom is 0.334 e. The molecule has 2 rings (SSSR count). The quantitative estimate of drug-likeness (QED) is 0.841. The van der Waals surface area contributed by atoms with Gasteiger partial charge in [-0.05, 0) is 13.8 Å². The lowest BCUT2D eigenvalue weighted by Crippen LogP contribution is -2.49. The number of carbonyl (C=O) groups excluding carboxylic acids is 1. The van der Waals surface area contributed by atoms with Crippen molar-refractivity contribution in [3.8, 4) is 0 Å². The van der Waals surface area contributed by atoms with E-state index in [2.05, 4.69) is 4.98 Å². The van der Waals surface area contributed by atoms with Gasteiger partial charge < -0.3 is 19.5 Å². The number of nitrogens with zero attached hydrogens (tertiary/aromatic N) is 2. The number of amides is 1. The van der Waals surface area contributed by atoms with Crippen LogP contribution in [-0.2, 0) is 25.5 Å². The van der Waals surface area contributed by atoms with E-state index in [4.69, 9.17) is 14.6 Å². The Morgan fingerprint density at radius 3 is 3.09 bits per heavy atom. The van der Waals surface area contributed by atoms with Crippen molar-refractivity contribution in [3.05, 3.63) is 16.1 Å². The molecule has 0 unspecified atom stereocenters. The number of carbonyl (C=O) groups is 2. The van der Waals surface area contributed by atoms with E-state index >= 15 is 0 Å². The molecular formula is C14H20N2O5S. The number of morpholine rings is 1. The third-order valence-corrected chi connectivity index (χ3v) is 4.42. The highest BCUT2D eigenvalue weighted by molar-refractivity contribution is 7.09. The summed E-state index contributed by atoms with van der Waals surface area (Å²) in [7, 11) is 0. The Morgan fingerprint density at radius 1 is 1.64 bits per heavy atom. The summed E-state index contributed by atoms with van der Waals surface area (Å²) in [4.78, 5) is 29.1. The van der Waals surface area contributed by atoms with Crippen molar-refractivity contribution in [2.75, 3.05) is 26.3 Å². The lowest BCUT2D eigenvalue weighted by Gasteiger charge is -2.30. The molecule has 2 atom stereocenters. The van der Waals surface area contributed by atoms with Gasteiger partial charge >= 0.3 is 5.97 Å². The van der Waals surface area contributed by atoms with Crippen LogP contribution in [0.5, 0.6) is 0 Å². The maximum absolute atomic E-state index is 12.3. The minimum absolute atomic E-state index is 0.0838. The summed E-state index contributed by atoms with van der Waals surface area (Å²) in [6, 6.07) is 0. The number of hydrogen-bond acceptors (Lipinski definition) is 6. The average Bonchev–Trinajstić information content (AvgIpc) is 2.96. The summed E-state index contributed by atoms with van der Waals surface area (Å²) >= 11 is 1.47. The topological polar surface area (TPSA) is 89.0 Å². The Morgan fingerprint density at radius 2 is 2.41 bits per heavy atom. The second-order valence-electron chi connectivity index (χ2n) is 4.99.